The molecule has 1 N–H and O–H groups in total. The van der Waals surface area contributed by atoms with Gasteiger partial charge in [-0.2, -0.15) is 10.2 Å². The lowest BCUT2D eigenvalue weighted by atomic mass is 9.93. The lowest BCUT2D eigenvalue weighted by Crippen LogP contribution is -2.65. The molecule has 1 aromatic carbocycles. The van der Waals surface area contributed by atoms with Crippen molar-refractivity contribution in [1.29, 1.82) is 0 Å². The van der Waals surface area contributed by atoms with Crippen LogP contribution >= 0.6 is 11.6 Å². The summed E-state index contributed by atoms with van der Waals surface area (Å²) in [7, 11) is 1.62. The van der Waals surface area contributed by atoms with Gasteiger partial charge in [-0.1, -0.05) is 18.2 Å². The van der Waals surface area contributed by atoms with E-state index in [1.807, 2.05) is 29.5 Å². The van der Waals surface area contributed by atoms with Crippen LogP contribution in [0.3, 0.4) is 0 Å². The van der Waals surface area contributed by atoms with Crippen molar-refractivity contribution in [2.45, 2.75) is 51.6 Å². The normalized spacial score (nSPS) is 20.9. The number of anilines is 1. The Balaban J connectivity index is 1.65. The number of amides is 1. The summed E-state index contributed by atoms with van der Waals surface area (Å²) >= 11 is 7.00. The van der Waals surface area contributed by atoms with Crippen LogP contribution in [0.25, 0.3) is 22.0 Å². The van der Waals surface area contributed by atoms with Crippen molar-refractivity contribution in [3.05, 3.63) is 41.2 Å². The molecule has 0 aliphatic carbocycles. The first-order valence-corrected chi connectivity index (χ1v) is 14.4. The average Bonchev–Trinajstić information content (AvgIpc) is 3.56. The van der Waals surface area contributed by atoms with Crippen molar-refractivity contribution in [2.24, 2.45) is 0 Å². The van der Waals surface area contributed by atoms with Crippen LogP contribution in [0.4, 0.5) is 14.6 Å². The van der Waals surface area contributed by atoms with E-state index in [1.165, 1.54) is 6.08 Å². The van der Waals surface area contributed by atoms with E-state index in [0.717, 1.165) is 33.3 Å². The predicted octanol–water partition coefficient (Wildman–Crippen LogP) is 4.84. The van der Waals surface area contributed by atoms with Gasteiger partial charge in [0.15, 0.2) is 5.82 Å². The van der Waals surface area contributed by atoms with E-state index in [-0.39, 0.29) is 18.5 Å². The molecule has 9 nitrogen and oxygen atoms in total. The zero-order valence-electron chi connectivity index (χ0n) is 24.1. The number of benzene rings is 1. The zero-order chi connectivity index (χ0) is 29.5. The molecule has 3 aromatic rings. The number of carbonyl (C=O) groups excluding carboxylic acids is 1. The summed E-state index contributed by atoms with van der Waals surface area (Å²) in [5, 5.41) is 13.8. The number of piperidine rings is 1. The first kappa shape index (κ1) is 29.5. The molecule has 0 radical (unpaired) electrons. The maximum atomic E-state index is 15.0. The maximum absolute atomic E-state index is 15.0. The van der Waals surface area contributed by atoms with E-state index in [2.05, 4.69) is 16.8 Å². The molecule has 1 atom stereocenters. The lowest BCUT2D eigenvalue weighted by Gasteiger charge is -2.49. The van der Waals surface area contributed by atoms with Crippen molar-refractivity contribution < 1.29 is 18.3 Å². The Morgan fingerprint density at radius 3 is 2.66 bits per heavy atom. The summed E-state index contributed by atoms with van der Waals surface area (Å²) in [6.07, 6.45) is 1.83. The Hall–Kier alpha value is -3.02. The Kier molecular flexibility index (Phi) is 8.41. The Bertz CT molecular complexity index is 1430. The zero-order valence-corrected chi connectivity index (χ0v) is 24.8. The molecule has 5 rings (SSSR count). The number of rotatable bonds is 8. The van der Waals surface area contributed by atoms with Gasteiger partial charge in [0, 0.05) is 68.6 Å². The quantitative estimate of drug-likeness (QED) is 0.379. The van der Waals surface area contributed by atoms with Crippen LogP contribution in [0.2, 0.25) is 5.02 Å². The minimum Gasteiger partial charge on any atom is -0.383 e. The Labute approximate surface area is 244 Å². The monoisotopic (exact) mass is 589 g/mol. The number of aromatic amines is 1. The molecule has 222 valence electrons. The number of methoxy groups -OCH3 is 1. The number of hydrogen-bond donors (Lipinski definition) is 1. The lowest BCUT2D eigenvalue weighted by molar-refractivity contribution is -0.127. The molecule has 4 heterocycles. The number of nitrogens with one attached hydrogen (secondary N) is 1. The number of alkyl halides is 2. The number of aryl methyl sites for hydroxylation is 1. The minimum absolute atomic E-state index is 0.000545. The molecule has 1 amide bonds. The number of H-pyrrole nitrogens is 1. The highest BCUT2D eigenvalue weighted by atomic mass is 35.5. The van der Waals surface area contributed by atoms with Crippen molar-refractivity contribution in [2.75, 3.05) is 57.9 Å². The summed E-state index contributed by atoms with van der Waals surface area (Å²) in [5.74, 6) is 0.409. The highest BCUT2D eigenvalue weighted by Gasteiger charge is 2.47. The van der Waals surface area contributed by atoms with Crippen LogP contribution in [-0.4, -0.2) is 101 Å². The van der Waals surface area contributed by atoms with Gasteiger partial charge in [-0.25, -0.2) is 8.78 Å². The first-order chi connectivity index (χ1) is 19.6. The highest BCUT2D eigenvalue weighted by Crippen LogP contribution is 2.46. The van der Waals surface area contributed by atoms with E-state index in [4.69, 9.17) is 21.4 Å². The largest absolute Gasteiger partial charge is 0.383 e. The molecule has 12 heteroatoms. The summed E-state index contributed by atoms with van der Waals surface area (Å²) in [4.78, 5) is 17.8. The summed E-state index contributed by atoms with van der Waals surface area (Å²) in [6, 6.07) is 1.94. The van der Waals surface area contributed by atoms with E-state index in [0.29, 0.717) is 63.0 Å². The summed E-state index contributed by atoms with van der Waals surface area (Å²) in [5.41, 5.74) is 2.52. The molecule has 0 saturated carbocycles. The number of ether oxygens (including phenoxy) is 1. The Morgan fingerprint density at radius 2 is 2.00 bits per heavy atom. The van der Waals surface area contributed by atoms with Gasteiger partial charge in [0.25, 0.3) is 6.43 Å². The number of carbonyl (C=O) groups is 1. The number of fused-ring (bicyclic) bond motifs is 1. The van der Waals surface area contributed by atoms with E-state index < -0.39 is 12.0 Å². The highest BCUT2D eigenvalue weighted by molar-refractivity contribution is 6.36. The van der Waals surface area contributed by atoms with Gasteiger partial charge in [-0.3, -0.25) is 19.5 Å². The van der Waals surface area contributed by atoms with Gasteiger partial charge in [0.05, 0.1) is 29.4 Å². The molecular weight excluding hydrogens is 552 g/mol. The number of piperazine rings is 1. The van der Waals surface area contributed by atoms with Crippen LogP contribution in [0.5, 0.6) is 0 Å². The van der Waals surface area contributed by atoms with Crippen LogP contribution in [0, 0.1) is 13.8 Å². The van der Waals surface area contributed by atoms with Gasteiger partial charge < -0.3 is 14.5 Å². The van der Waals surface area contributed by atoms with Crippen molar-refractivity contribution in [3.8, 4) is 11.1 Å². The third kappa shape index (κ3) is 5.23. The second kappa shape index (κ2) is 11.7. The number of nitrogens with zero attached hydrogens (tertiary/aromatic N) is 6. The van der Waals surface area contributed by atoms with Gasteiger partial charge in [0.1, 0.15) is 5.54 Å². The smallest absolute Gasteiger partial charge is 0.262 e. The van der Waals surface area contributed by atoms with Gasteiger partial charge in [-0.15, -0.1) is 0 Å². The first-order valence-electron chi connectivity index (χ1n) is 14.0. The molecule has 2 aromatic heterocycles. The average molecular weight is 590 g/mol. The van der Waals surface area contributed by atoms with Crippen molar-refractivity contribution in [1.82, 2.24) is 29.8 Å². The van der Waals surface area contributed by atoms with E-state index in [9.17, 15) is 4.79 Å². The molecule has 0 spiro atoms. The Morgan fingerprint density at radius 1 is 1.27 bits per heavy atom. The third-order valence-corrected chi connectivity index (χ3v) is 9.17. The second-order valence-electron chi connectivity index (χ2n) is 11.3. The SMILES string of the molecule is C=CC(=O)N1CCC(n2nc(N3CCN(CCOC)C[C@@]3(C)C(F)F)c(-c3c(Cl)c(C)cc4[nH]ncc34)c2C)CC1. The van der Waals surface area contributed by atoms with Crippen LogP contribution in [0.1, 0.15) is 37.1 Å². The number of halogens is 3. The molecule has 41 heavy (non-hydrogen) atoms. The molecule has 2 saturated heterocycles. The van der Waals surface area contributed by atoms with Gasteiger partial charge in [-0.05, 0) is 51.3 Å². The molecule has 2 aliphatic heterocycles. The molecule has 0 unspecified atom stereocenters. The molecular formula is C29H38ClF2N7O2. The fourth-order valence-electron chi connectivity index (χ4n) is 6.31. The number of hydrogen-bond acceptors (Lipinski definition) is 6. The topological polar surface area (TPSA) is 82.5 Å². The minimum atomic E-state index is -2.62. The fraction of sp³-hybridized carbons (Fsp3) is 0.552. The van der Waals surface area contributed by atoms with Crippen molar-refractivity contribution >= 4 is 34.2 Å². The molecule has 2 aliphatic rings. The van der Waals surface area contributed by atoms with Crippen molar-refractivity contribution in [3.63, 3.8) is 0 Å². The predicted molar refractivity (Wildman–Crippen MR) is 157 cm³/mol. The number of aromatic nitrogens is 4. The van der Waals surface area contributed by atoms with E-state index >= 15 is 8.78 Å². The van der Waals surface area contributed by atoms with E-state index in [1.54, 1.807) is 30.0 Å². The fourth-order valence-corrected chi connectivity index (χ4v) is 6.56. The molecule has 0 bridgehead atoms. The molecule has 2 fully saturated rings. The third-order valence-electron chi connectivity index (χ3n) is 8.68. The number of likely N-dealkylation sites (tertiary alicyclic amines) is 1. The maximum Gasteiger partial charge on any atom is 0.262 e. The summed E-state index contributed by atoms with van der Waals surface area (Å²) < 4.78 is 37.2. The summed E-state index contributed by atoms with van der Waals surface area (Å²) in [6.45, 7) is 12.5. The van der Waals surface area contributed by atoms with Gasteiger partial charge >= 0.3 is 0 Å². The standard InChI is InChI=1S/C29H38ClF2N7O2/c1-6-23(40)37-9-7-20(8-10-37)39-19(3)24(25-21-16-33-34-22(21)15-18(2)26(25)30)27(35-39)38-12-11-36(13-14-41-5)17-29(38,4)28(31)32/h6,15-16,20,28H,1,7-14,17H2,2-5H3,(H,33,34)/t29-/m0/s1. The van der Waals surface area contributed by atoms with Gasteiger partial charge in [0.2, 0.25) is 5.91 Å². The van der Waals surface area contributed by atoms with Crippen LogP contribution < -0.4 is 4.90 Å². The van der Waals surface area contributed by atoms with Crippen LogP contribution in [-0.2, 0) is 9.53 Å². The second-order valence-corrected chi connectivity index (χ2v) is 11.7. The van der Waals surface area contributed by atoms with Crippen LogP contribution in [0.15, 0.2) is 24.9 Å².